The van der Waals surface area contributed by atoms with Crippen LogP contribution in [-0.4, -0.2) is 32.7 Å². The Labute approximate surface area is 137 Å². The van der Waals surface area contributed by atoms with Gasteiger partial charge in [-0.15, -0.1) is 0 Å². The highest BCUT2D eigenvalue weighted by Crippen LogP contribution is 2.24. The number of aryl methyl sites for hydroxylation is 1. The fourth-order valence-corrected chi connectivity index (χ4v) is 2.66. The number of carbonyl (C=O) groups is 1. The van der Waals surface area contributed by atoms with Crippen molar-refractivity contribution in [3.05, 3.63) is 52.4 Å². The topological polar surface area (TPSA) is 80.0 Å². The third-order valence-electron chi connectivity index (χ3n) is 3.67. The van der Waals surface area contributed by atoms with Gasteiger partial charge in [0.25, 0.3) is 0 Å². The first-order chi connectivity index (χ1) is 11.0. The number of aromatic carboxylic acids is 1. The summed E-state index contributed by atoms with van der Waals surface area (Å²) in [6.07, 6.45) is 0. The summed E-state index contributed by atoms with van der Waals surface area (Å²) < 4.78 is 1.86. The lowest BCUT2D eigenvalue weighted by Gasteiger charge is -2.10. The van der Waals surface area contributed by atoms with Gasteiger partial charge in [0, 0.05) is 17.8 Å². The lowest BCUT2D eigenvalue weighted by Crippen LogP contribution is -2.06. The van der Waals surface area contributed by atoms with E-state index in [-0.39, 0.29) is 5.69 Å². The monoisotopic (exact) mass is 330 g/mol. The Morgan fingerprint density at radius 3 is 2.74 bits per heavy atom. The van der Waals surface area contributed by atoms with Crippen LogP contribution in [0.5, 0.6) is 0 Å². The molecule has 7 heteroatoms. The summed E-state index contributed by atoms with van der Waals surface area (Å²) in [5.74, 6) is -0.308. The van der Waals surface area contributed by atoms with Crippen molar-refractivity contribution >= 4 is 34.4 Å². The van der Waals surface area contributed by atoms with Crippen molar-refractivity contribution in [3.8, 4) is 0 Å². The van der Waals surface area contributed by atoms with Gasteiger partial charge in [-0.05, 0) is 36.8 Å². The molecule has 0 bridgehead atoms. The van der Waals surface area contributed by atoms with Crippen molar-refractivity contribution in [1.29, 1.82) is 0 Å². The van der Waals surface area contributed by atoms with Crippen molar-refractivity contribution in [2.45, 2.75) is 13.5 Å². The van der Waals surface area contributed by atoms with Crippen LogP contribution in [0.15, 0.2) is 30.3 Å². The van der Waals surface area contributed by atoms with Crippen LogP contribution >= 0.6 is 11.6 Å². The zero-order valence-electron chi connectivity index (χ0n) is 12.7. The molecule has 0 saturated carbocycles. The zero-order chi connectivity index (χ0) is 16.6. The molecule has 6 nitrogen and oxygen atoms in total. The second kappa shape index (κ2) is 5.89. The first-order valence-corrected chi connectivity index (χ1v) is 7.40. The molecule has 0 atom stereocenters. The molecule has 118 valence electrons. The zero-order valence-corrected chi connectivity index (χ0v) is 13.4. The van der Waals surface area contributed by atoms with Gasteiger partial charge in [-0.3, -0.25) is 0 Å². The van der Waals surface area contributed by atoms with Crippen LogP contribution in [0.25, 0.3) is 11.2 Å². The average Bonchev–Trinajstić information content (AvgIpc) is 2.84. The number of pyridine rings is 1. The van der Waals surface area contributed by atoms with Gasteiger partial charge in [0.2, 0.25) is 0 Å². The third-order valence-corrected chi connectivity index (χ3v) is 4.02. The van der Waals surface area contributed by atoms with Crippen LogP contribution in [0.2, 0.25) is 5.02 Å². The predicted octanol–water partition coefficient (Wildman–Crippen LogP) is 3.18. The molecule has 2 aromatic heterocycles. The minimum Gasteiger partial charge on any atom is -0.477 e. The predicted molar refractivity (Wildman–Crippen MR) is 89.3 cm³/mol. The molecule has 0 aliphatic heterocycles. The third kappa shape index (κ3) is 2.85. The number of carboxylic acids is 1. The number of anilines is 1. The molecule has 0 fully saturated rings. The minimum atomic E-state index is -1.06. The summed E-state index contributed by atoms with van der Waals surface area (Å²) in [7, 11) is 1.83. The van der Waals surface area contributed by atoms with E-state index in [1.807, 2.05) is 36.7 Å². The fourth-order valence-electron chi connectivity index (χ4n) is 2.42. The molecule has 0 amide bonds. The molecular weight excluding hydrogens is 316 g/mol. The quantitative estimate of drug-likeness (QED) is 0.768. The Morgan fingerprint density at radius 2 is 2.09 bits per heavy atom. The Balaban J connectivity index is 2.07. The Bertz CT molecular complexity index is 904. The van der Waals surface area contributed by atoms with Gasteiger partial charge < -0.3 is 15.0 Å². The Kier molecular flexibility index (Phi) is 3.92. The van der Waals surface area contributed by atoms with E-state index in [4.69, 9.17) is 16.7 Å². The highest BCUT2D eigenvalue weighted by Gasteiger charge is 2.14. The number of carboxylic acid groups (broad SMARTS) is 1. The molecule has 0 unspecified atom stereocenters. The maximum absolute atomic E-state index is 11.1. The maximum atomic E-state index is 11.1. The summed E-state index contributed by atoms with van der Waals surface area (Å²) >= 11 is 6.32. The molecule has 0 aliphatic carbocycles. The van der Waals surface area contributed by atoms with E-state index < -0.39 is 5.97 Å². The number of rotatable bonds is 4. The average molecular weight is 331 g/mol. The number of imidazole rings is 1. The van der Waals surface area contributed by atoms with Gasteiger partial charge in [0.1, 0.15) is 11.3 Å². The van der Waals surface area contributed by atoms with Crippen LogP contribution in [0.4, 0.5) is 5.69 Å². The van der Waals surface area contributed by atoms with Gasteiger partial charge in [-0.25, -0.2) is 14.8 Å². The molecule has 0 radical (unpaired) electrons. The molecule has 3 aromatic rings. The number of halogens is 1. The van der Waals surface area contributed by atoms with Gasteiger partial charge in [-0.2, -0.15) is 0 Å². The molecule has 2 heterocycles. The Hall–Kier alpha value is -2.60. The summed E-state index contributed by atoms with van der Waals surface area (Å²) in [5, 5.41) is 12.8. The van der Waals surface area contributed by atoms with E-state index in [1.165, 1.54) is 6.07 Å². The van der Waals surface area contributed by atoms with Crippen molar-refractivity contribution < 1.29 is 9.90 Å². The molecule has 0 saturated heterocycles. The number of aromatic nitrogens is 3. The molecule has 2 N–H and O–H groups in total. The van der Waals surface area contributed by atoms with Crippen molar-refractivity contribution in [2.24, 2.45) is 0 Å². The molecule has 3 rings (SSSR count). The molecule has 0 aliphatic rings. The van der Waals surface area contributed by atoms with Crippen molar-refractivity contribution in [2.75, 3.05) is 12.4 Å². The number of nitrogens with zero attached hydrogens (tertiary/aromatic N) is 3. The van der Waals surface area contributed by atoms with Crippen molar-refractivity contribution in [3.63, 3.8) is 0 Å². The van der Waals surface area contributed by atoms with E-state index in [2.05, 4.69) is 15.3 Å². The van der Waals surface area contributed by atoms with E-state index in [0.717, 1.165) is 17.1 Å². The molecule has 0 spiro atoms. The van der Waals surface area contributed by atoms with Gasteiger partial charge in [0.15, 0.2) is 11.3 Å². The summed E-state index contributed by atoms with van der Waals surface area (Å²) in [4.78, 5) is 19.8. The standard InChI is InChI=1S/C16H15ClN4O2/c1-9-19-13-5-6-14(16(22)23)20-15(13)21(9)8-10-3-4-11(18-2)7-12(10)17/h3-7,18H,8H2,1-2H3,(H,22,23). The number of benzene rings is 1. The van der Waals surface area contributed by atoms with Crippen LogP contribution in [0, 0.1) is 6.92 Å². The normalized spacial score (nSPS) is 10.9. The van der Waals surface area contributed by atoms with Gasteiger partial charge in [-0.1, -0.05) is 17.7 Å². The van der Waals surface area contributed by atoms with E-state index >= 15 is 0 Å². The molecule has 1 aromatic carbocycles. The highest BCUT2D eigenvalue weighted by atomic mass is 35.5. The number of hydrogen-bond donors (Lipinski definition) is 2. The number of nitrogens with one attached hydrogen (secondary N) is 1. The minimum absolute atomic E-state index is 0.00437. The van der Waals surface area contributed by atoms with Crippen molar-refractivity contribution in [1.82, 2.24) is 14.5 Å². The SMILES string of the molecule is CNc1ccc(Cn2c(C)nc3ccc(C(=O)O)nc32)c(Cl)c1. The second-order valence-corrected chi connectivity index (χ2v) is 5.55. The first-order valence-electron chi connectivity index (χ1n) is 7.03. The van der Waals surface area contributed by atoms with Crippen LogP contribution in [0.3, 0.4) is 0 Å². The first kappa shape index (κ1) is 15.3. The summed E-state index contributed by atoms with van der Waals surface area (Å²) in [6.45, 7) is 2.33. The fraction of sp³-hybridized carbons (Fsp3) is 0.188. The molecule has 23 heavy (non-hydrogen) atoms. The van der Waals surface area contributed by atoms with E-state index in [0.29, 0.717) is 22.7 Å². The van der Waals surface area contributed by atoms with Crippen LogP contribution < -0.4 is 5.32 Å². The lowest BCUT2D eigenvalue weighted by atomic mass is 10.2. The second-order valence-electron chi connectivity index (χ2n) is 5.15. The van der Waals surface area contributed by atoms with Gasteiger partial charge in [0.05, 0.1) is 6.54 Å². The highest BCUT2D eigenvalue weighted by molar-refractivity contribution is 6.31. The van der Waals surface area contributed by atoms with Crippen LogP contribution in [0.1, 0.15) is 21.9 Å². The maximum Gasteiger partial charge on any atom is 0.354 e. The van der Waals surface area contributed by atoms with E-state index in [9.17, 15) is 4.79 Å². The lowest BCUT2D eigenvalue weighted by molar-refractivity contribution is 0.0691. The molecular formula is C16H15ClN4O2. The summed E-state index contributed by atoms with van der Waals surface area (Å²) in [5.41, 5.74) is 3.04. The van der Waals surface area contributed by atoms with Crippen LogP contribution in [-0.2, 0) is 6.54 Å². The smallest absolute Gasteiger partial charge is 0.354 e. The number of hydrogen-bond acceptors (Lipinski definition) is 4. The number of fused-ring (bicyclic) bond motifs is 1. The largest absolute Gasteiger partial charge is 0.477 e. The van der Waals surface area contributed by atoms with E-state index in [1.54, 1.807) is 6.07 Å². The van der Waals surface area contributed by atoms with Gasteiger partial charge >= 0.3 is 5.97 Å². The summed E-state index contributed by atoms with van der Waals surface area (Å²) in [6, 6.07) is 8.84. The Morgan fingerprint density at radius 1 is 1.30 bits per heavy atom.